The van der Waals surface area contributed by atoms with E-state index in [0.29, 0.717) is 11.6 Å². The third-order valence-electron chi connectivity index (χ3n) is 4.88. The molecule has 1 fully saturated rings. The average Bonchev–Trinajstić information content (AvgIpc) is 3.29. The average molecular weight is 365 g/mol. The van der Waals surface area contributed by atoms with Gasteiger partial charge in [-0.2, -0.15) is 0 Å². The summed E-state index contributed by atoms with van der Waals surface area (Å²) in [6, 6.07) is 16.0. The molecule has 1 aromatic heterocycles. The van der Waals surface area contributed by atoms with E-state index < -0.39 is 0 Å². The van der Waals surface area contributed by atoms with Gasteiger partial charge in [-0.3, -0.25) is 4.79 Å². The van der Waals surface area contributed by atoms with E-state index >= 15 is 0 Å². The predicted molar refractivity (Wildman–Crippen MR) is 107 cm³/mol. The van der Waals surface area contributed by atoms with E-state index in [1.165, 1.54) is 18.4 Å². The molecule has 132 valence electrons. The Balaban J connectivity index is 1.69. The summed E-state index contributed by atoms with van der Waals surface area (Å²) in [7, 11) is 0. The third kappa shape index (κ3) is 3.54. The second kappa shape index (κ2) is 7.38. The SMILES string of the molecule is O=C(/C=C/N1CCCC1)c1cn(Cc2ccccc2)c2cc(Cl)ccc12. The molecule has 3 nitrogen and oxygen atoms in total. The highest BCUT2D eigenvalue weighted by atomic mass is 35.5. The summed E-state index contributed by atoms with van der Waals surface area (Å²) in [6.07, 6.45) is 7.98. The molecule has 0 unspecified atom stereocenters. The summed E-state index contributed by atoms with van der Waals surface area (Å²) in [6.45, 7) is 2.78. The molecule has 0 N–H and O–H groups in total. The van der Waals surface area contributed by atoms with Crippen LogP contribution in [0.4, 0.5) is 0 Å². The number of halogens is 1. The Labute approximate surface area is 158 Å². The minimum Gasteiger partial charge on any atom is -0.377 e. The van der Waals surface area contributed by atoms with Gasteiger partial charge in [0.05, 0.1) is 5.52 Å². The highest BCUT2D eigenvalue weighted by molar-refractivity contribution is 6.31. The first-order valence-electron chi connectivity index (χ1n) is 8.99. The van der Waals surface area contributed by atoms with Crippen molar-refractivity contribution in [1.29, 1.82) is 0 Å². The van der Waals surface area contributed by atoms with E-state index in [1.807, 2.05) is 48.8 Å². The fourth-order valence-corrected chi connectivity index (χ4v) is 3.69. The fraction of sp³-hybridized carbons (Fsp3) is 0.227. The summed E-state index contributed by atoms with van der Waals surface area (Å²) in [4.78, 5) is 15.0. The molecule has 0 aliphatic carbocycles. The zero-order valence-corrected chi connectivity index (χ0v) is 15.3. The van der Waals surface area contributed by atoms with Gasteiger partial charge in [0.2, 0.25) is 0 Å². The molecule has 0 saturated carbocycles. The van der Waals surface area contributed by atoms with E-state index in [0.717, 1.165) is 29.6 Å². The Hall–Kier alpha value is -2.52. The van der Waals surface area contributed by atoms with E-state index in [4.69, 9.17) is 11.6 Å². The van der Waals surface area contributed by atoms with Crippen molar-refractivity contribution in [2.24, 2.45) is 0 Å². The zero-order chi connectivity index (χ0) is 17.9. The second-order valence-electron chi connectivity index (χ2n) is 6.74. The molecule has 1 aliphatic heterocycles. The Morgan fingerprint density at radius 2 is 1.85 bits per heavy atom. The van der Waals surface area contributed by atoms with Crippen LogP contribution >= 0.6 is 11.6 Å². The molecule has 2 aromatic carbocycles. The van der Waals surface area contributed by atoms with Crippen molar-refractivity contribution in [3.05, 3.63) is 83.2 Å². The molecular formula is C22H21ClN2O. The second-order valence-corrected chi connectivity index (χ2v) is 7.18. The molecule has 26 heavy (non-hydrogen) atoms. The number of rotatable bonds is 5. The molecule has 1 aliphatic rings. The van der Waals surface area contributed by atoms with Gasteiger partial charge in [0.1, 0.15) is 0 Å². The van der Waals surface area contributed by atoms with E-state index in [-0.39, 0.29) is 5.78 Å². The highest BCUT2D eigenvalue weighted by Crippen LogP contribution is 2.26. The first-order valence-corrected chi connectivity index (χ1v) is 9.37. The summed E-state index contributed by atoms with van der Waals surface area (Å²) in [5, 5.41) is 1.62. The molecule has 1 saturated heterocycles. The standard InChI is InChI=1S/C22H21ClN2O/c23-18-8-9-19-20(22(26)10-13-24-11-4-5-12-24)16-25(21(19)14-18)15-17-6-2-1-3-7-17/h1-3,6-10,13-14,16H,4-5,11-12,15H2/b13-10+. The van der Waals surface area contributed by atoms with Crippen LogP contribution in [0.3, 0.4) is 0 Å². The van der Waals surface area contributed by atoms with Crippen LogP contribution in [0.15, 0.2) is 67.0 Å². The molecular weight excluding hydrogens is 344 g/mol. The number of carbonyl (C=O) groups is 1. The van der Waals surface area contributed by atoms with Gasteiger partial charge in [-0.05, 0) is 30.5 Å². The van der Waals surface area contributed by atoms with Crippen LogP contribution < -0.4 is 0 Å². The molecule has 3 aromatic rings. The van der Waals surface area contributed by atoms with Crippen molar-refractivity contribution in [1.82, 2.24) is 9.47 Å². The van der Waals surface area contributed by atoms with E-state index in [9.17, 15) is 4.79 Å². The number of ketones is 1. The normalized spacial score (nSPS) is 14.6. The lowest BCUT2D eigenvalue weighted by atomic mass is 10.1. The van der Waals surface area contributed by atoms with Gasteiger partial charge >= 0.3 is 0 Å². The number of fused-ring (bicyclic) bond motifs is 1. The lowest BCUT2D eigenvalue weighted by molar-refractivity contribution is 0.104. The topological polar surface area (TPSA) is 25.2 Å². The van der Waals surface area contributed by atoms with Gasteiger partial charge in [0, 0.05) is 54.1 Å². The number of carbonyl (C=O) groups excluding carboxylic acids is 1. The molecule has 0 spiro atoms. The van der Waals surface area contributed by atoms with Crippen molar-refractivity contribution < 1.29 is 4.79 Å². The van der Waals surface area contributed by atoms with Gasteiger partial charge in [0.25, 0.3) is 0 Å². The number of hydrogen-bond acceptors (Lipinski definition) is 2. The summed E-state index contributed by atoms with van der Waals surface area (Å²) in [5.41, 5.74) is 2.90. The lowest BCUT2D eigenvalue weighted by Crippen LogP contribution is -2.11. The molecule has 4 heteroatoms. The lowest BCUT2D eigenvalue weighted by Gasteiger charge is -2.09. The highest BCUT2D eigenvalue weighted by Gasteiger charge is 2.15. The smallest absolute Gasteiger partial charge is 0.189 e. The first-order chi connectivity index (χ1) is 12.7. The maximum absolute atomic E-state index is 12.8. The maximum atomic E-state index is 12.8. The Kier molecular flexibility index (Phi) is 4.81. The minimum absolute atomic E-state index is 0.0380. The molecule has 2 heterocycles. The van der Waals surface area contributed by atoms with E-state index in [2.05, 4.69) is 21.6 Å². The number of allylic oxidation sites excluding steroid dienone is 1. The third-order valence-corrected chi connectivity index (χ3v) is 5.12. The monoisotopic (exact) mass is 364 g/mol. The molecule has 0 radical (unpaired) electrons. The van der Waals surface area contributed by atoms with Crippen LogP contribution in [0.25, 0.3) is 10.9 Å². The number of benzene rings is 2. The van der Waals surface area contributed by atoms with Crippen LogP contribution in [0, 0.1) is 0 Å². The molecule has 0 bridgehead atoms. The van der Waals surface area contributed by atoms with Crippen LogP contribution in [0.5, 0.6) is 0 Å². The Morgan fingerprint density at radius 3 is 2.62 bits per heavy atom. The molecule has 4 rings (SSSR count). The summed E-state index contributed by atoms with van der Waals surface area (Å²) >= 11 is 6.21. The van der Waals surface area contributed by atoms with Crippen molar-refractivity contribution in [3.8, 4) is 0 Å². The molecule has 0 amide bonds. The number of aromatic nitrogens is 1. The van der Waals surface area contributed by atoms with Gasteiger partial charge in [-0.15, -0.1) is 0 Å². The Morgan fingerprint density at radius 1 is 1.08 bits per heavy atom. The number of likely N-dealkylation sites (tertiary alicyclic amines) is 1. The van der Waals surface area contributed by atoms with Gasteiger partial charge in [-0.1, -0.05) is 48.0 Å². The van der Waals surface area contributed by atoms with Crippen LogP contribution in [-0.2, 0) is 6.54 Å². The zero-order valence-electron chi connectivity index (χ0n) is 14.6. The quantitative estimate of drug-likeness (QED) is 0.463. The number of nitrogens with zero attached hydrogens (tertiary/aromatic N) is 2. The fourth-order valence-electron chi connectivity index (χ4n) is 3.53. The van der Waals surface area contributed by atoms with Crippen LogP contribution in [-0.4, -0.2) is 28.3 Å². The Bertz CT molecular complexity index is 953. The number of hydrogen-bond donors (Lipinski definition) is 0. The minimum atomic E-state index is 0.0380. The molecule has 0 atom stereocenters. The van der Waals surface area contributed by atoms with Crippen molar-refractivity contribution in [2.75, 3.05) is 13.1 Å². The van der Waals surface area contributed by atoms with E-state index in [1.54, 1.807) is 6.08 Å². The van der Waals surface area contributed by atoms with Gasteiger partial charge in [-0.25, -0.2) is 0 Å². The maximum Gasteiger partial charge on any atom is 0.189 e. The van der Waals surface area contributed by atoms with Gasteiger partial charge < -0.3 is 9.47 Å². The summed E-state index contributed by atoms with van der Waals surface area (Å²) < 4.78 is 2.10. The van der Waals surface area contributed by atoms with Crippen LogP contribution in [0.2, 0.25) is 5.02 Å². The van der Waals surface area contributed by atoms with Crippen LogP contribution in [0.1, 0.15) is 28.8 Å². The van der Waals surface area contributed by atoms with Crippen molar-refractivity contribution >= 4 is 28.3 Å². The summed E-state index contributed by atoms with van der Waals surface area (Å²) in [5.74, 6) is 0.0380. The van der Waals surface area contributed by atoms with Crippen molar-refractivity contribution in [3.63, 3.8) is 0 Å². The largest absolute Gasteiger partial charge is 0.377 e. The van der Waals surface area contributed by atoms with Gasteiger partial charge in [0.15, 0.2) is 5.78 Å². The predicted octanol–water partition coefficient (Wildman–Crippen LogP) is 5.14. The van der Waals surface area contributed by atoms with Crippen molar-refractivity contribution in [2.45, 2.75) is 19.4 Å². The first kappa shape index (κ1) is 16.9.